The minimum absolute atomic E-state index is 0.0732. The van der Waals surface area contributed by atoms with Gasteiger partial charge in [0.25, 0.3) is 0 Å². The van der Waals surface area contributed by atoms with Gasteiger partial charge in [0.2, 0.25) is 0 Å². The fourth-order valence-electron chi connectivity index (χ4n) is 10.5. The Kier molecular flexibility index (Phi) is 32.1. The minimum atomic E-state index is -2.54. The molecule has 1 saturated heterocycles. The Bertz CT molecular complexity index is 1940. The van der Waals surface area contributed by atoms with E-state index in [1.165, 1.54) is 6.08 Å². The number of carboxylic acids is 1. The molecule has 0 aliphatic carbocycles. The number of aliphatic hydroxyl groups is 11. The maximum atomic E-state index is 13.9. The van der Waals surface area contributed by atoms with Crippen molar-refractivity contribution in [2.45, 2.75) is 250 Å². The summed E-state index contributed by atoms with van der Waals surface area (Å²) < 4.78 is 17.6. The van der Waals surface area contributed by atoms with Gasteiger partial charge in [0.15, 0.2) is 11.7 Å². The Balaban J connectivity index is 2.47. The molecule has 2 rings (SSSR count). The summed E-state index contributed by atoms with van der Waals surface area (Å²) in [6, 6.07) is 0. The first kappa shape index (κ1) is 71.5. The number of rotatable bonds is 12. The van der Waals surface area contributed by atoms with E-state index in [0.717, 1.165) is 37.8 Å². The number of esters is 2. The Morgan fingerprint density at radius 3 is 2.13 bits per heavy atom. The largest absolute Gasteiger partial charge is 0.481 e. The quantitative estimate of drug-likeness (QED) is 0.0333. The first-order valence-corrected chi connectivity index (χ1v) is 28.7. The van der Waals surface area contributed by atoms with Crippen molar-refractivity contribution in [3.63, 3.8) is 0 Å². The normalized spacial score (nSPS) is 39.2. The second-order valence-corrected chi connectivity index (χ2v) is 23.4. The van der Waals surface area contributed by atoms with Crippen LogP contribution in [0, 0.1) is 41.4 Å². The van der Waals surface area contributed by atoms with Gasteiger partial charge < -0.3 is 86.5 Å². The smallest absolute Gasteiger partial charge is 0.317 e. The van der Waals surface area contributed by atoms with Gasteiger partial charge >= 0.3 is 17.9 Å². The van der Waals surface area contributed by atoms with Crippen LogP contribution in [0.1, 0.15) is 165 Å². The van der Waals surface area contributed by atoms with E-state index in [1.807, 2.05) is 26.8 Å². The van der Waals surface area contributed by atoms with Crippen molar-refractivity contribution >= 4 is 23.9 Å². The molecule has 2 aliphatic rings. The number of nitrogens with one attached hydrogen (secondary N) is 1. The number of unbranched alkanes of at least 4 members (excludes halogenated alkanes) is 3. The summed E-state index contributed by atoms with van der Waals surface area (Å²) >= 11 is 0. The summed E-state index contributed by atoms with van der Waals surface area (Å²) in [6.45, 7) is 16.6. The number of allylic oxidation sites excluding steroid dienone is 3. The standard InChI is InChI=1S/C58H103N3O18/c1-32(16-13-11-12-14-23-61-57(59)60-10)24-37(6)54-36(5)18-15-17-35(4)53(73)39(8)47(66)26-41(62)25-42(77-52(72)30-51(70)71)27-43-28-49(68)55(74)58(76,79-43)31-50(69)34(3)20-21-44(63)38(7)48(67)29-46(65)33(2)19-22-45(64)40(9)56(75)78-54/h16-17,19,22,33-34,36-50,53-55,62-69,73-74,76H,11-15,18,20-21,23-31H2,1-10H3,(H,70,71)(H3,59,60,61)/b22-19+,32-16-,35-17+. The number of hydrogen-bond acceptors (Lipinski definition) is 18. The molecule has 1 fully saturated rings. The van der Waals surface area contributed by atoms with Gasteiger partial charge in [0, 0.05) is 63.5 Å². The van der Waals surface area contributed by atoms with Gasteiger partial charge in [-0.25, -0.2) is 0 Å². The average molecular weight is 1130 g/mol. The van der Waals surface area contributed by atoms with E-state index in [-0.39, 0.29) is 56.8 Å². The SMILES string of the molecule is CN=C(N)NCCCCC/C=C(/C)CC(C)C1OC(=O)C(C)C(O)/C=C/C(C)C(O)CC(O)C(C)C(O)CCC(C)C(O)CC2(O)OC(CC(OC(=O)CC(=O)O)CC(O)CC(O)C(C)C(O)/C(C)=C/CCC1C)CC(O)C2O. The third kappa shape index (κ3) is 25.2. The molecule has 21 heteroatoms. The zero-order valence-electron chi connectivity index (χ0n) is 48.7. The Morgan fingerprint density at radius 1 is 0.823 bits per heavy atom. The molecule has 0 aromatic carbocycles. The lowest BCUT2D eigenvalue weighted by atomic mass is 9.83. The molecule has 458 valence electrons. The Morgan fingerprint density at radius 2 is 1.48 bits per heavy atom. The fraction of sp³-hybridized carbons (Fsp3) is 0.828. The molecule has 0 aromatic heterocycles. The molecule has 0 saturated carbocycles. The number of aliphatic imine (C=N–C) groups is 1. The maximum absolute atomic E-state index is 13.9. The molecule has 0 amide bonds. The number of carbonyl (C=O) groups is 3. The van der Waals surface area contributed by atoms with Crippen LogP contribution in [0.5, 0.6) is 0 Å². The Labute approximate surface area is 469 Å². The van der Waals surface area contributed by atoms with E-state index in [1.54, 1.807) is 54.7 Å². The summed E-state index contributed by atoms with van der Waals surface area (Å²) in [5, 5.41) is 136. The molecule has 79 heavy (non-hydrogen) atoms. The zero-order chi connectivity index (χ0) is 59.9. The van der Waals surface area contributed by atoms with Gasteiger partial charge in [-0.05, 0) is 102 Å². The van der Waals surface area contributed by atoms with Crippen molar-refractivity contribution in [3.05, 3.63) is 35.5 Å². The van der Waals surface area contributed by atoms with E-state index >= 15 is 0 Å². The van der Waals surface area contributed by atoms with Crippen LogP contribution in [0.15, 0.2) is 40.4 Å². The molecular weight excluding hydrogens is 1030 g/mol. The molecular formula is C58H103N3O18. The van der Waals surface area contributed by atoms with E-state index < -0.39 is 145 Å². The average Bonchev–Trinajstić information content (AvgIpc) is 3.39. The van der Waals surface area contributed by atoms with Crippen molar-refractivity contribution < 1.29 is 89.9 Å². The van der Waals surface area contributed by atoms with Crippen molar-refractivity contribution in [3.8, 4) is 0 Å². The molecule has 21 nitrogen and oxygen atoms in total. The number of guanidine groups is 1. The van der Waals surface area contributed by atoms with E-state index in [0.29, 0.717) is 30.8 Å². The summed E-state index contributed by atoms with van der Waals surface area (Å²) in [5.74, 6) is -9.51. The topological polar surface area (TPSA) is 372 Å². The third-order valence-corrected chi connectivity index (χ3v) is 16.3. The van der Waals surface area contributed by atoms with E-state index in [2.05, 4.69) is 16.4 Å². The van der Waals surface area contributed by atoms with Gasteiger partial charge in [0.1, 0.15) is 24.7 Å². The lowest BCUT2D eigenvalue weighted by Gasteiger charge is -2.45. The van der Waals surface area contributed by atoms with Crippen LogP contribution in [-0.4, -0.2) is 184 Å². The highest BCUT2D eigenvalue weighted by molar-refractivity contribution is 5.90. The molecule has 15 N–H and O–H groups in total. The highest BCUT2D eigenvalue weighted by Crippen LogP contribution is 2.37. The van der Waals surface area contributed by atoms with Crippen molar-refractivity contribution in [2.75, 3.05) is 13.6 Å². The van der Waals surface area contributed by atoms with Gasteiger partial charge in [-0.2, -0.15) is 0 Å². The van der Waals surface area contributed by atoms with Crippen molar-refractivity contribution in [2.24, 2.45) is 52.2 Å². The molecule has 21 unspecified atom stereocenters. The number of aliphatic carboxylic acids is 1. The van der Waals surface area contributed by atoms with Gasteiger partial charge in [-0.3, -0.25) is 19.4 Å². The number of fused-ring (bicyclic) bond motifs is 2. The second-order valence-electron chi connectivity index (χ2n) is 23.4. The van der Waals surface area contributed by atoms with Crippen LogP contribution in [0.3, 0.4) is 0 Å². The number of nitrogens with zero attached hydrogens (tertiary/aromatic N) is 1. The summed E-state index contributed by atoms with van der Waals surface area (Å²) in [7, 11) is 1.63. The lowest BCUT2D eigenvalue weighted by molar-refractivity contribution is -0.333. The molecule has 2 aliphatic heterocycles. The summed E-state index contributed by atoms with van der Waals surface area (Å²) in [4.78, 5) is 41.8. The number of cyclic esters (lactones) is 1. The Hall–Kier alpha value is -3.58. The summed E-state index contributed by atoms with van der Waals surface area (Å²) in [5.41, 5.74) is 7.39. The number of ether oxygens (including phenoxy) is 3. The van der Waals surface area contributed by atoms with Crippen LogP contribution in [0.2, 0.25) is 0 Å². The number of hydrogen-bond donors (Lipinski definition) is 14. The van der Waals surface area contributed by atoms with Crippen LogP contribution < -0.4 is 11.1 Å². The van der Waals surface area contributed by atoms with Crippen molar-refractivity contribution in [1.82, 2.24) is 5.32 Å². The number of carboxylic acid groups (broad SMARTS) is 1. The molecule has 21 atom stereocenters. The highest BCUT2D eigenvalue weighted by Gasteiger charge is 2.50. The van der Waals surface area contributed by atoms with E-state index in [4.69, 9.17) is 19.9 Å². The zero-order valence-corrected chi connectivity index (χ0v) is 48.7. The molecule has 2 bridgehead atoms. The lowest BCUT2D eigenvalue weighted by Crippen LogP contribution is -2.60. The minimum Gasteiger partial charge on any atom is -0.481 e. The van der Waals surface area contributed by atoms with Crippen LogP contribution in [0.25, 0.3) is 0 Å². The first-order chi connectivity index (χ1) is 36.9. The molecule has 0 spiro atoms. The van der Waals surface area contributed by atoms with Gasteiger partial charge in [-0.1, -0.05) is 77.8 Å². The number of nitrogens with two attached hydrogens (primary N) is 1. The monoisotopic (exact) mass is 1130 g/mol. The predicted molar refractivity (Wildman–Crippen MR) is 298 cm³/mol. The van der Waals surface area contributed by atoms with Gasteiger partial charge in [0.05, 0.1) is 67.0 Å². The first-order valence-electron chi connectivity index (χ1n) is 28.7. The van der Waals surface area contributed by atoms with Crippen LogP contribution in [-0.2, 0) is 28.6 Å². The third-order valence-electron chi connectivity index (χ3n) is 16.3. The molecule has 0 radical (unpaired) electrons. The number of carbonyl (C=O) groups excluding carboxylic acids is 2. The summed E-state index contributed by atoms with van der Waals surface area (Å²) in [6.07, 6.45) is -6.82. The number of aliphatic hydroxyl groups excluding tert-OH is 10. The second kappa shape index (κ2) is 35.4. The fourth-order valence-corrected chi connectivity index (χ4v) is 10.5. The molecule has 2 heterocycles. The predicted octanol–water partition coefficient (Wildman–Crippen LogP) is 3.28. The molecule has 0 aromatic rings. The van der Waals surface area contributed by atoms with Crippen LogP contribution >= 0.6 is 0 Å². The van der Waals surface area contributed by atoms with Crippen LogP contribution in [0.4, 0.5) is 0 Å². The van der Waals surface area contributed by atoms with E-state index in [9.17, 15) is 75.7 Å². The van der Waals surface area contributed by atoms with Gasteiger partial charge in [-0.15, -0.1) is 0 Å². The highest BCUT2D eigenvalue weighted by atomic mass is 16.7. The maximum Gasteiger partial charge on any atom is 0.317 e. The van der Waals surface area contributed by atoms with Crippen molar-refractivity contribution in [1.29, 1.82) is 0 Å².